The number of amides is 1. The topological polar surface area (TPSA) is 20.3 Å². The van der Waals surface area contributed by atoms with E-state index >= 15 is 0 Å². The van der Waals surface area contributed by atoms with Gasteiger partial charge in [-0.05, 0) is 31.1 Å². The number of rotatable bonds is 5. The van der Waals surface area contributed by atoms with E-state index in [0.29, 0.717) is 11.8 Å². The second-order valence-electron chi connectivity index (χ2n) is 5.15. The Morgan fingerprint density at radius 3 is 2.38 bits per heavy atom. The van der Waals surface area contributed by atoms with Gasteiger partial charge in [-0.2, -0.15) is 0 Å². The van der Waals surface area contributed by atoms with Gasteiger partial charge in [0.05, 0.1) is 0 Å². The van der Waals surface area contributed by atoms with Crippen molar-refractivity contribution in [1.29, 1.82) is 0 Å². The average Bonchev–Trinajstić information content (AvgIpc) is 3.02. The Hall–Kier alpha value is -0.0500. The van der Waals surface area contributed by atoms with E-state index in [1.54, 1.807) is 0 Å². The normalized spacial score (nSPS) is 32.0. The van der Waals surface area contributed by atoms with Gasteiger partial charge in [-0.15, -0.1) is 0 Å². The summed E-state index contributed by atoms with van der Waals surface area (Å²) in [6.07, 6.45) is 6.36. The Morgan fingerprint density at radius 1 is 1.25 bits per heavy atom. The summed E-state index contributed by atoms with van der Waals surface area (Å²) < 4.78 is 0. The van der Waals surface area contributed by atoms with Gasteiger partial charge >= 0.3 is 0 Å². The summed E-state index contributed by atoms with van der Waals surface area (Å²) in [4.78, 5) is 14.4. The van der Waals surface area contributed by atoms with E-state index in [2.05, 4.69) is 27.8 Å². The zero-order valence-corrected chi connectivity index (χ0v) is 11.7. The van der Waals surface area contributed by atoms with E-state index in [-0.39, 0.29) is 0 Å². The maximum Gasteiger partial charge on any atom is 0.226 e. The fourth-order valence-corrected chi connectivity index (χ4v) is 3.70. The first-order valence-corrected chi connectivity index (χ1v) is 7.76. The van der Waals surface area contributed by atoms with Gasteiger partial charge in [0.25, 0.3) is 0 Å². The van der Waals surface area contributed by atoms with Crippen LogP contribution in [-0.2, 0) is 4.79 Å². The lowest BCUT2D eigenvalue weighted by Crippen LogP contribution is -2.35. The van der Waals surface area contributed by atoms with Gasteiger partial charge in [0.2, 0.25) is 5.91 Å². The summed E-state index contributed by atoms with van der Waals surface area (Å²) in [6, 6.07) is 0. The van der Waals surface area contributed by atoms with Gasteiger partial charge in [0.15, 0.2) is 0 Å². The van der Waals surface area contributed by atoms with Crippen LogP contribution in [0.4, 0.5) is 0 Å². The SMILES string of the molecule is CCCN(CCBr)C(=O)C1C2CCCCC21. The van der Waals surface area contributed by atoms with Crippen molar-refractivity contribution in [3.05, 3.63) is 0 Å². The zero-order valence-electron chi connectivity index (χ0n) is 10.1. The van der Waals surface area contributed by atoms with E-state index in [9.17, 15) is 4.79 Å². The lowest BCUT2D eigenvalue weighted by molar-refractivity contribution is -0.133. The van der Waals surface area contributed by atoms with Gasteiger partial charge in [-0.25, -0.2) is 0 Å². The van der Waals surface area contributed by atoms with Crippen molar-refractivity contribution in [2.24, 2.45) is 17.8 Å². The highest BCUT2D eigenvalue weighted by Crippen LogP contribution is 2.56. The molecule has 3 heteroatoms. The predicted molar refractivity (Wildman–Crippen MR) is 69.6 cm³/mol. The first-order chi connectivity index (χ1) is 7.79. The molecule has 2 aliphatic rings. The van der Waals surface area contributed by atoms with Crippen LogP contribution in [0.2, 0.25) is 0 Å². The van der Waals surface area contributed by atoms with Crippen LogP contribution in [-0.4, -0.2) is 29.2 Å². The second-order valence-corrected chi connectivity index (χ2v) is 5.95. The summed E-state index contributed by atoms with van der Waals surface area (Å²) in [5, 5.41) is 0.904. The number of alkyl halides is 1. The molecule has 2 unspecified atom stereocenters. The molecule has 92 valence electrons. The monoisotopic (exact) mass is 287 g/mol. The van der Waals surface area contributed by atoms with Gasteiger partial charge in [0.1, 0.15) is 0 Å². The number of hydrogen-bond donors (Lipinski definition) is 0. The molecule has 0 aromatic rings. The highest BCUT2D eigenvalue weighted by Gasteiger charge is 2.55. The molecule has 0 aromatic heterocycles. The summed E-state index contributed by atoms with van der Waals surface area (Å²) in [5.74, 6) is 2.33. The summed E-state index contributed by atoms with van der Waals surface area (Å²) in [5.41, 5.74) is 0. The number of halogens is 1. The van der Waals surface area contributed by atoms with Gasteiger partial charge in [-0.3, -0.25) is 4.79 Å². The molecule has 1 amide bonds. The molecule has 2 nitrogen and oxygen atoms in total. The smallest absolute Gasteiger partial charge is 0.226 e. The molecule has 0 heterocycles. The summed E-state index contributed by atoms with van der Waals surface area (Å²) >= 11 is 3.44. The lowest BCUT2D eigenvalue weighted by Gasteiger charge is -2.21. The van der Waals surface area contributed by atoms with E-state index in [1.807, 2.05) is 0 Å². The molecule has 2 aliphatic carbocycles. The predicted octanol–water partition coefficient (Wildman–Crippen LogP) is 3.06. The van der Waals surface area contributed by atoms with Crippen molar-refractivity contribution in [2.75, 3.05) is 18.4 Å². The fraction of sp³-hybridized carbons (Fsp3) is 0.923. The maximum atomic E-state index is 12.4. The lowest BCUT2D eigenvalue weighted by atomic mass is 10.0. The van der Waals surface area contributed by atoms with Crippen molar-refractivity contribution in [3.63, 3.8) is 0 Å². The van der Waals surface area contributed by atoms with Gasteiger partial charge < -0.3 is 4.90 Å². The van der Waals surface area contributed by atoms with Crippen molar-refractivity contribution in [3.8, 4) is 0 Å². The van der Waals surface area contributed by atoms with Crippen molar-refractivity contribution < 1.29 is 4.79 Å². The minimum atomic E-state index is 0.396. The minimum Gasteiger partial charge on any atom is -0.342 e. The molecule has 2 rings (SSSR count). The Labute approximate surface area is 107 Å². The largest absolute Gasteiger partial charge is 0.342 e. The minimum absolute atomic E-state index is 0.396. The van der Waals surface area contributed by atoms with Crippen molar-refractivity contribution in [1.82, 2.24) is 4.90 Å². The molecule has 0 radical (unpaired) electrons. The molecular weight excluding hydrogens is 266 g/mol. The van der Waals surface area contributed by atoms with Crippen molar-refractivity contribution in [2.45, 2.75) is 39.0 Å². The number of carbonyl (C=O) groups is 1. The molecule has 0 aliphatic heterocycles. The first-order valence-electron chi connectivity index (χ1n) is 6.64. The molecule has 2 saturated carbocycles. The quantitative estimate of drug-likeness (QED) is 0.712. The van der Waals surface area contributed by atoms with Crippen LogP contribution in [0.3, 0.4) is 0 Å². The first kappa shape index (κ1) is 12.4. The molecule has 0 aromatic carbocycles. The molecule has 0 spiro atoms. The van der Waals surface area contributed by atoms with Crippen LogP contribution in [0.1, 0.15) is 39.0 Å². The van der Waals surface area contributed by atoms with E-state index < -0.39 is 0 Å². The molecule has 2 atom stereocenters. The van der Waals surface area contributed by atoms with Crippen LogP contribution in [0, 0.1) is 17.8 Å². The third kappa shape index (κ3) is 2.44. The van der Waals surface area contributed by atoms with Crippen LogP contribution in [0.15, 0.2) is 0 Å². The number of hydrogen-bond acceptors (Lipinski definition) is 1. The Morgan fingerprint density at radius 2 is 1.88 bits per heavy atom. The van der Waals surface area contributed by atoms with Crippen molar-refractivity contribution >= 4 is 21.8 Å². The van der Waals surface area contributed by atoms with E-state index in [1.165, 1.54) is 25.7 Å². The van der Waals surface area contributed by atoms with Gasteiger partial charge in [-0.1, -0.05) is 35.7 Å². The van der Waals surface area contributed by atoms with E-state index in [0.717, 1.165) is 36.7 Å². The molecule has 0 bridgehead atoms. The second kappa shape index (κ2) is 5.52. The van der Waals surface area contributed by atoms with Crippen LogP contribution < -0.4 is 0 Å². The van der Waals surface area contributed by atoms with Crippen LogP contribution in [0.25, 0.3) is 0 Å². The number of nitrogens with zero attached hydrogens (tertiary/aromatic N) is 1. The Bertz CT molecular complexity index is 234. The van der Waals surface area contributed by atoms with Gasteiger partial charge in [0, 0.05) is 24.3 Å². The molecule has 2 fully saturated rings. The maximum absolute atomic E-state index is 12.4. The standard InChI is InChI=1S/C13H22BrNO/c1-2-8-15(9-7-14)13(16)12-10-5-3-4-6-11(10)12/h10-12H,2-9H2,1H3. The summed E-state index contributed by atoms with van der Waals surface area (Å²) in [7, 11) is 0. The Balaban J connectivity index is 1.90. The van der Waals surface area contributed by atoms with E-state index in [4.69, 9.17) is 0 Å². The molecule has 0 saturated heterocycles. The Kier molecular flexibility index (Phi) is 4.28. The zero-order chi connectivity index (χ0) is 11.5. The van der Waals surface area contributed by atoms with Crippen LogP contribution in [0.5, 0.6) is 0 Å². The number of fused-ring (bicyclic) bond motifs is 1. The molecule has 16 heavy (non-hydrogen) atoms. The highest BCUT2D eigenvalue weighted by atomic mass is 79.9. The number of carbonyl (C=O) groups excluding carboxylic acids is 1. The third-order valence-electron chi connectivity index (χ3n) is 4.10. The summed E-state index contributed by atoms with van der Waals surface area (Å²) in [6.45, 7) is 3.96. The molecular formula is C13H22BrNO. The third-order valence-corrected chi connectivity index (χ3v) is 4.46. The fourth-order valence-electron chi connectivity index (χ4n) is 3.27. The molecule has 0 N–H and O–H groups in total. The average molecular weight is 288 g/mol. The van der Waals surface area contributed by atoms with Crippen LogP contribution >= 0.6 is 15.9 Å². The highest BCUT2D eigenvalue weighted by molar-refractivity contribution is 9.09.